The average Bonchev–Trinajstić information content (AvgIpc) is 2.71. The first-order valence-corrected chi connectivity index (χ1v) is 10.4. The maximum absolute atomic E-state index is 11.2. The van der Waals surface area contributed by atoms with Gasteiger partial charge in [0.25, 0.3) is 0 Å². The van der Waals surface area contributed by atoms with Crippen LogP contribution in [0.5, 0.6) is 5.75 Å². The van der Waals surface area contributed by atoms with Gasteiger partial charge in [0.2, 0.25) is 0 Å². The number of rotatable bonds is 7. The van der Waals surface area contributed by atoms with Gasteiger partial charge in [-0.05, 0) is 53.1 Å². The molecule has 0 atom stereocenters. The molecule has 0 unspecified atom stereocenters. The van der Waals surface area contributed by atoms with E-state index in [0.29, 0.717) is 13.0 Å². The standard InChI is InChI=1S/C27H30O3/c1-19-13-15-24(30-18-20-9-6-5-7-10-20)23(17-19)22-12-8-11-21(14-16-25(28)29)26(22)27(2,3)4/h5-13,15,17H,14,16,18H2,1-4H3,(H,28,29). The highest BCUT2D eigenvalue weighted by Crippen LogP contribution is 2.40. The average molecular weight is 403 g/mol. The molecule has 3 rings (SSSR count). The third-order valence-electron chi connectivity index (χ3n) is 5.17. The molecule has 3 nitrogen and oxygen atoms in total. The van der Waals surface area contributed by atoms with Gasteiger partial charge in [-0.15, -0.1) is 0 Å². The third kappa shape index (κ3) is 5.29. The van der Waals surface area contributed by atoms with Crippen LogP contribution < -0.4 is 4.74 Å². The highest BCUT2D eigenvalue weighted by atomic mass is 16.5. The molecule has 1 N–H and O–H groups in total. The van der Waals surface area contributed by atoms with E-state index in [1.54, 1.807) is 0 Å². The molecule has 156 valence electrons. The summed E-state index contributed by atoms with van der Waals surface area (Å²) in [5, 5.41) is 9.19. The van der Waals surface area contributed by atoms with Crippen LogP contribution in [-0.2, 0) is 23.2 Å². The van der Waals surface area contributed by atoms with Gasteiger partial charge in [0.05, 0.1) is 0 Å². The molecule has 0 heterocycles. The van der Waals surface area contributed by atoms with Gasteiger partial charge in [0.1, 0.15) is 12.4 Å². The summed E-state index contributed by atoms with van der Waals surface area (Å²) in [5.41, 5.74) is 6.57. The van der Waals surface area contributed by atoms with Gasteiger partial charge in [-0.2, -0.15) is 0 Å². The smallest absolute Gasteiger partial charge is 0.303 e. The molecule has 0 aliphatic rings. The number of aryl methyl sites for hydroxylation is 2. The maximum Gasteiger partial charge on any atom is 0.303 e. The number of carboxylic acids is 1. The third-order valence-corrected chi connectivity index (χ3v) is 5.17. The van der Waals surface area contributed by atoms with Crippen molar-refractivity contribution in [1.29, 1.82) is 0 Å². The van der Waals surface area contributed by atoms with E-state index in [0.717, 1.165) is 33.6 Å². The fraction of sp³-hybridized carbons (Fsp3) is 0.296. The monoisotopic (exact) mass is 402 g/mol. The molecule has 0 bridgehead atoms. The summed E-state index contributed by atoms with van der Waals surface area (Å²) in [4.78, 5) is 11.2. The molecule has 3 heteroatoms. The van der Waals surface area contributed by atoms with Crippen LogP contribution in [0.1, 0.15) is 49.4 Å². The molecule has 0 saturated heterocycles. The van der Waals surface area contributed by atoms with Gasteiger partial charge in [0.15, 0.2) is 0 Å². The van der Waals surface area contributed by atoms with E-state index >= 15 is 0 Å². The van der Waals surface area contributed by atoms with Crippen molar-refractivity contribution in [2.75, 3.05) is 0 Å². The lowest BCUT2D eigenvalue weighted by atomic mass is 9.77. The van der Waals surface area contributed by atoms with Gasteiger partial charge in [-0.3, -0.25) is 4.79 Å². The SMILES string of the molecule is Cc1ccc(OCc2ccccc2)c(-c2cccc(CCC(=O)O)c2C(C)(C)C)c1. The second kappa shape index (κ2) is 9.17. The molecule has 3 aromatic rings. The highest BCUT2D eigenvalue weighted by Gasteiger charge is 2.24. The molecule has 0 aliphatic carbocycles. The van der Waals surface area contributed by atoms with Crippen molar-refractivity contribution >= 4 is 5.97 Å². The summed E-state index contributed by atoms with van der Waals surface area (Å²) in [5.74, 6) is 0.0630. The Bertz CT molecular complexity index is 1010. The molecular weight excluding hydrogens is 372 g/mol. The predicted octanol–water partition coefficient (Wildman–Crippen LogP) is 6.56. The summed E-state index contributed by atoms with van der Waals surface area (Å²) >= 11 is 0. The summed E-state index contributed by atoms with van der Waals surface area (Å²) < 4.78 is 6.24. The van der Waals surface area contributed by atoms with Crippen molar-refractivity contribution in [3.05, 3.63) is 89.0 Å². The molecule has 0 spiro atoms. The summed E-state index contributed by atoms with van der Waals surface area (Å²) in [6.07, 6.45) is 0.638. The van der Waals surface area contributed by atoms with E-state index in [1.807, 2.05) is 36.4 Å². The van der Waals surface area contributed by atoms with E-state index < -0.39 is 5.97 Å². The molecule has 3 aromatic carbocycles. The van der Waals surface area contributed by atoms with Crippen LogP contribution in [0, 0.1) is 6.92 Å². The molecule has 0 saturated carbocycles. The van der Waals surface area contributed by atoms with Gasteiger partial charge in [0, 0.05) is 12.0 Å². The lowest BCUT2D eigenvalue weighted by Crippen LogP contribution is -2.17. The zero-order chi connectivity index (χ0) is 21.7. The second-order valence-corrected chi connectivity index (χ2v) is 8.76. The molecule has 0 radical (unpaired) electrons. The van der Waals surface area contributed by atoms with Crippen LogP contribution in [0.2, 0.25) is 0 Å². The van der Waals surface area contributed by atoms with Crippen molar-refractivity contribution < 1.29 is 14.6 Å². The zero-order valence-electron chi connectivity index (χ0n) is 18.2. The van der Waals surface area contributed by atoms with Crippen LogP contribution in [-0.4, -0.2) is 11.1 Å². The molecule has 0 aromatic heterocycles. The predicted molar refractivity (Wildman–Crippen MR) is 122 cm³/mol. The number of carbonyl (C=O) groups is 1. The Balaban J connectivity index is 2.07. The number of aliphatic carboxylic acids is 1. The van der Waals surface area contributed by atoms with Gasteiger partial charge >= 0.3 is 5.97 Å². The number of benzene rings is 3. The van der Waals surface area contributed by atoms with Crippen LogP contribution in [0.4, 0.5) is 0 Å². The Morgan fingerprint density at radius 1 is 0.933 bits per heavy atom. The Kier molecular flexibility index (Phi) is 6.61. The van der Waals surface area contributed by atoms with Crippen molar-refractivity contribution in [2.24, 2.45) is 0 Å². The van der Waals surface area contributed by atoms with Crippen molar-refractivity contribution in [1.82, 2.24) is 0 Å². The first-order valence-electron chi connectivity index (χ1n) is 10.4. The van der Waals surface area contributed by atoms with Crippen molar-refractivity contribution in [3.63, 3.8) is 0 Å². The molecular formula is C27H30O3. The van der Waals surface area contributed by atoms with E-state index in [9.17, 15) is 9.90 Å². The van der Waals surface area contributed by atoms with Crippen molar-refractivity contribution in [2.45, 2.75) is 52.6 Å². The maximum atomic E-state index is 11.2. The first-order chi connectivity index (χ1) is 14.3. The minimum absolute atomic E-state index is 0.123. The number of hydrogen-bond acceptors (Lipinski definition) is 2. The molecule has 0 amide bonds. The Morgan fingerprint density at radius 3 is 2.33 bits per heavy atom. The Labute approximate surface area is 179 Å². The summed E-state index contributed by atoms with van der Waals surface area (Å²) in [6, 6.07) is 22.6. The Morgan fingerprint density at radius 2 is 1.67 bits per heavy atom. The molecule has 0 fully saturated rings. The van der Waals surface area contributed by atoms with E-state index in [1.165, 1.54) is 5.56 Å². The van der Waals surface area contributed by atoms with Crippen LogP contribution in [0.15, 0.2) is 66.7 Å². The zero-order valence-corrected chi connectivity index (χ0v) is 18.2. The molecule has 0 aliphatic heterocycles. The minimum atomic E-state index is -0.775. The number of ether oxygens (including phenoxy) is 1. The number of hydrogen-bond donors (Lipinski definition) is 1. The van der Waals surface area contributed by atoms with Crippen LogP contribution in [0.3, 0.4) is 0 Å². The topological polar surface area (TPSA) is 46.5 Å². The van der Waals surface area contributed by atoms with Gasteiger partial charge < -0.3 is 9.84 Å². The first kappa shape index (κ1) is 21.6. The normalized spacial score (nSPS) is 11.3. The quantitative estimate of drug-likeness (QED) is 0.487. The largest absolute Gasteiger partial charge is 0.488 e. The fourth-order valence-electron chi connectivity index (χ4n) is 3.88. The lowest BCUT2D eigenvalue weighted by molar-refractivity contribution is -0.136. The van der Waals surface area contributed by atoms with Crippen LogP contribution >= 0.6 is 0 Å². The Hall–Kier alpha value is -3.07. The fourth-order valence-corrected chi connectivity index (χ4v) is 3.88. The summed E-state index contributed by atoms with van der Waals surface area (Å²) in [7, 11) is 0. The van der Waals surface area contributed by atoms with E-state index in [2.05, 4.69) is 58.0 Å². The summed E-state index contributed by atoms with van der Waals surface area (Å²) in [6.45, 7) is 9.11. The second-order valence-electron chi connectivity index (χ2n) is 8.76. The highest BCUT2D eigenvalue weighted by molar-refractivity contribution is 5.76. The van der Waals surface area contributed by atoms with E-state index in [-0.39, 0.29) is 11.8 Å². The molecule has 30 heavy (non-hydrogen) atoms. The van der Waals surface area contributed by atoms with Crippen LogP contribution in [0.25, 0.3) is 11.1 Å². The van der Waals surface area contributed by atoms with Gasteiger partial charge in [-0.25, -0.2) is 0 Å². The van der Waals surface area contributed by atoms with Crippen molar-refractivity contribution in [3.8, 4) is 16.9 Å². The lowest BCUT2D eigenvalue weighted by Gasteiger charge is -2.27. The van der Waals surface area contributed by atoms with E-state index in [4.69, 9.17) is 4.74 Å². The van der Waals surface area contributed by atoms with Gasteiger partial charge in [-0.1, -0.05) is 80.9 Å². The number of carboxylic acid groups (broad SMARTS) is 1. The minimum Gasteiger partial charge on any atom is -0.488 e.